The van der Waals surface area contributed by atoms with Gasteiger partial charge in [-0.3, -0.25) is 0 Å². The molecule has 1 heterocycles. The molecule has 1 N–H and O–H groups in total. The molecule has 15 heavy (non-hydrogen) atoms. The van der Waals surface area contributed by atoms with Crippen LogP contribution in [0.25, 0.3) is 0 Å². The Morgan fingerprint density at radius 2 is 1.93 bits per heavy atom. The molecule has 1 aromatic heterocycles. The molecule has 0 saturated carbocycles. The number of hydrogen-bond acceptors (Lipinski definition) is 3. The fraction of sp³-hybridized carbons (Fsp3) is 0.667. The van der Waals surface area contributed by atoms with Gasteiger partial charge in [0.25, 0.3) is 0 Å². The first-order valence-electron chi connectivity index (χ1n) is 5.20. The van der Waals surface area contributed by atoms with E-state index in [1.165, 1.54) is 0 Å². The van der Waals surface area contributed by atoms with E-state index in [2.05, 4.69) is 25.7 Å². The van der Waals surface area contributed by atoms with Gasteiger partial charge in [-0.05, 0) is 41.9 Å². The summed E-state index contributed by atoms with van der Waals surface area (Å²) in [5, 5.41) is 14.4. The van der Waals surface area contributed by atoms with Crippen LogP contribution in [-0.4, -0.2) is 30.1 Å². The van der Waals surface area contributed by atoms with Crippen molar-refractivity contribution in [1.29, 1.82) is 0 Å². The Labute approximate surface area is 96.5 Å². The summed E-state index contributed by atoms with van der Waals surface area (Å²) >= 11 is 1.63. The zero-order chi connectivity index (χ0) is 11.6. The standard InChI is InChI=1S/C12H21NOS/c1-12(2,3)11(13(4)5)10(14)9-6-7-15-8-9/h6-8,10-11,14H,1-5H3/t10-,11-/m0/s1. The van der Waals surface area contributed by atoms with E-state index in [0.29, 0.717) is 0 Å². The van der Waals surface area contributed by atoms with Crippen LogP contribution in [0.15, 0.2) is 16.8 Å². The van der Waals surface area contributed by atoms with Crippen LogP contribution < -0.4 is 0 Å². The number of rotatable bonds is 3. The van der Waals surface area contributed by atoms with Gasteiger partial charge < -0.3 is 10.0 Å². The van der Waals surface area contributed by atoms with E-state index in [-0.39, 0.29) is 11.5 Å². The maximum absolute atomic E-state index is 10.3. The summed E-state index contributed by atoms with van der Waals surface area (Å²) in [7, 11) is 4.04. The molecule has 0 unspecified atom stereocenters. The third-order valence-electron chi connectivity index (χ3n) is 2.63. The van der Waals surface area contributed by atoms with Crippen molar-refractivity contribution in [2.75, 3.05) is 14.1 Å². The highest BCUT2D eigenvalue weighted by atomic mass is 32.1. The molecule has 2 atom stereocenters. The Balaban J connectivity index is 2.91. The molecule has 0 aliphatic heterocycles. The normalized spacial score (nSPS) is 16.7. The third kappa shape index (κ3) is 3.03. The molecule has 0 aliphatic carbocycles. The van der Waals surface area contributed by atoms with Crippen molar-refractivity contribution < 1.29 is 5.11 Å². The highest BCUT2D eigenvalue weighted by Gasteiger charge is 2.33. The Morgan fingerprint density at radius 3 is 2.27 bits per heavy atom. The minimum absolute atomic E-state index is 0.0604. The summed E-state index contributed by atoms with van der Waals surface area (Å²) in [6, 6.07) is 2.13. The van der Waals surface area contributed by atoms with E-state index in [4.69, 9.17) is 0 Å². The largest absolute Gasteiger partial charge is 0.387 e. The number of thiophene rings is 1. The molecule has 0 saturated heterocycles. The van der Waals surface area contributed by atoms with Gasteiger partial charge in [-0.25, -0.2) is 0 Å². The Kier molecular flexibility index (Phi) is 3.93. The van der Waals surface area contributed by atoms with Gasteiger partial charge in [0.15, 0.2) is 0 Å². The van der Waals surface area contributed by atoms with Gasteiger partial charge in [0.05, 0.1) is 6.10 Å². The first-order chi connectivity index (χ1) is 6.84. The maximum Gasteiger partial charge on any atom is 0.0958 e. The maximum atomic E-state index is 10.3. The number of hydrogen-bond donors (Lipinski definition) is 1. The van der Waals surface area contributed by atoms with Crippen molar-refractivity contribution in [3.8, 4) is 0 Å². The molecule has 0 fully saturated rings. The van der Waals surface area contributed by atoms with Crippen molar-refractivity contribution in [3.05, 3.63) is 22.4 Å². The average molecular weight is 227 g/mol. The number of likely N-dealkylation sites (N-methyl/N-ethyl adjacent to an activating group) is 1. The lowest BCUT2D eigenvalue weighted by Crippen LogP contribution is -2.43. The van der Waals surface area contributed by atoms with Crippen molar-refractivity contribution in [1.82, 2.24) is 4.90 Å². The highest BCUT2D eigenvalue weighted by Crippen LogP contribution is 2.33. The molecule has 0 aromatic carbocycles. The predicted molar refractivity (Wildman–Crippen MR) is 66.2 cm³/mol. The van der Waals surface area contributed by atoms with Crippen LogP contribution in [0.4, 0.5) is 0 Å². The second kappa shape index (κ2) is 4.64. The van der Waals surface area contributed by atoms with E-state index in [1.54, 1.807) is 11.3 Å². The number of aliphatic hydroxyl groups is 1. The first kappa shape index (κ1) is 12.7. The average Bonchev–Trinajstić information content (AvgIpc) is 2.51. The Bertz CT molecular complexity index is 287. The van der Waals surface area contributed by atoms with Crippen molar-refractivity contribution in [3.63, 3.8) is 0 Å². The second-order valence-electron chi connectivity index (χ2n) is 5.28. The summed E-state index contributed by atoms with van der Waals surface area (Å²) < 4.78 is 0. The van der Waals surface area contributed by atoms with Crippen molar-refractivity contribution in [2.45, 2.75) is 32.9 Å². The molecule has 1 aromatic rings. The fourth-order valence-corrected chi connectivity index (χ4v) is 2.85. The van der Waals surface area contributed by atoms with Crippen LogP contribution in [0.2, 0.25) is 0 Å². The van der Waals surface area contributed by atoms with Crippen molar-refractivity contribution in [2.24, 2.45) is 5.41 Å². The van der Waals surface area contributed by atoms with E-state index >= 15 is 0 Å². The van der Waals surface area contributed by atoms with Crippen LogP contribution >= 0.6 is 11.3 Å². The predicted octanol–water partition coefficient (Wildman–Crippen LogP) is 2.76. The van der Waals surface area contributed by atoms with Gasteiger partial charge in [-0.2, -0.15) is 11.3 Å². The number of aliphatic hydroxyl groups excluding tert-OH is 1. The van der Waals surface area contributed by atoms with Gasteiger partial charge in [0.1, 0.15) is 0 Å². The smallest absolute Gasteiger partial charge is 0.0958 e. The minimum Gasteiger partial charge on any atom is -0.387 e. The van der Waals surface area contributed by atoms with Gasteiger partial charge in [0, 0.05) is 6.04 Å². The molecule has 1 rings (SSSR count). The van der Waals surface area contributed by atoms with E-state index in [9.17, 15) is 5.11 Å². The van der Waals surface area contributed by atoms with Gasteiger partial charge in [0.2, 0.25) is 0 Å². The zero-order valence-electron chi connectivity index (χ0n) is 10.2. The molecule has 0 radical (unpaired) electrons. The zero-order valence-corrected chi connectivity index (χ0v) is 11.0. The van der Waals surface area contributed by atoms with Gasteiger partial charge in [-0.15, -0.1) is 0 Å². The molecular weight excluding hydrogens is 206 g/mol. The van der Waals surface area contributed by atoms with E-state index in [0.717, 1.165) is 5.56 Å². The molecule has 0 aliphatic rings. The molecule has 86 valence electrons. The van der Waals surface area contributed by atoms with E-state index in [1.807, 2.05) is 30.9 Å². The molecular formula is C12H21NOS. The third-order valence-corrected chi connectivity index (χ3v) is 3.33. The molecule has 0 amide bonds. The fourth-order valence-electron chi connectivity index (χ4n) is 2.16. The molecule has 2 nitrogen and oxygen atoms in total. The lowest BCUT2D eigenvalue weighted by atomic mass is 9.81. The molecule has 3 heteroatoms. The molecule has 0 bridgehead atoms. The summed E-state index contributed by atoms with van der Waals surface area (Å²) in [6.45, 7) is 6.48. The Hall–Kier alpha value is -0.380. The second-order valence-corrected chi connectivity index (χ2v) is 6.06. The van der Waals surface area contributed by atoms with Crippen LogP contribution in [0.1, 0.15) is 32.4 Å². The Morgan fingerprint density at radius 1 is 1.33 bits per heavy atom. The van der Waals surface area contributed by atoms with Crippen LogP contribution in [0.3, 0.4) is 0 Å². The van der Waals surface area contributed by atoms with Gasteiger partial charge >= 0.3 is 0 Å². The van der Waals surface area contributed by atoms with Crippen LogP contribution in [0.5, 0.6) is 0 Å². The molecule has 0 spiro atoms. The quantitative estimate of drug-likeness (QED) is 0.858. The van der Waals surface area contributed by atoms with Gasteiger partial charge in [-0.1, -0.05) is 20.8 Å². The highest BCUT2D eigenvalue weighted by molar-refractivity contribution is 7.07. The first-order valence-corrected chi connectivity index (χ1v) is 6.15. The van der Waals surface area contributed by atoms with Crippen molar-refractivity contribution >= 4 is 11.3 Å². The van der Waals surface area contributed by atoms with E-state index < -0.39 is 6.10 Å². The lowest BCUT2D eigenvalue weighted by molar-refractivity contribution is 0.0132. The summed E-state index contributed by atoms with van der Waals surface area (Å²) in [4.78, 5) is 2.10. The number of nitrogens with zero attached hydrogens (tertiary/aromatic N) is 1. The van der Waals surface area contributed by atoms with Crippen LogP contribution in [0, 0.1) is 5.41 Å². The monoisotopic (exact) mass is 227 g/mol. The minimum atomic E-state index is -0.411. The lowest BCUT2D eigenvalue weighted by Gasteiger charge is -2.39. The SMILES string of the molecule is CN(C)[C@@H]([C@@H](O)c1ccsc1)C(C)(C)C. The summed E-state index contributed by atoms with van der Waals surface area (Å²) in [5.41, 5.74) is 1.08. The summed E-state index contributed by atoms with van der Waals surface area (Å²) in [5.74, 6) is 0. The summed E-state index contributed by atoms with van der Waals surface area (Å²) in [6.07, 6.45) is -0.411. The topological polar surface area (TPSA) is 23.5 Å². The van der Waals surface area contributed by atoms with Crippen LogP contribution in [-0.2, 0) is 0 Å².